The van der Waals surface area contributed by atoms with Crippen LogP contribution in [0.2, 0.25) is 5.02 Å². The van der Waals surface area contributed by atoms with Gasteiger partial charge in [-0.2, -0.15) is 4.68 Å². The average Bonchev–Trinajstić information content (AvgIpc) is 3.45. The van der Waals surface area contributed by atoms with Gasteiger partial charge in [0.15, 0.2) is 0 Å². The predicted octanol–water partition coefficient (Wildman–Crippen LogP) is 4.73. The highest BCUT2D eigenvalue weighted by molar-refractivity contribution is 6.34. The molecule has 10 heteroatoms. The summed E-state index contributed by atoms with van der Waals surface area (Å²) in [6.07, 6.45) is 3.47. The molecule has 2 aromatic carbocycles. The van der Waals surface area contributed by atoms with Gasteiger partial charge in [-0.05, 0) is 56.7 Å². The van der Waals surface area contributed by atoms with Crippen molar-refractivity contribution < 1.29 is 18.3 Å². The first-order valence-corrected chi connectivity index (χ1v) is 11.5. The van der Waals surface area contributed by atoms with E-state index in [0.29, 0.717) is 18.8 Å². The van der Waals surface area contributed by atoms with Crippen LogP contribution in [0.5, 0.6) is 5.75 Å². The van der Waals surface area contributed by atoms with Crippen molar-refractivity contribution in [1.29, 1.82) is 0 Å². The van der Waals surface area contributed by atoms with Crippen molar-refractivity contribution in [1.82, 2.24) is 14.3 Å². The second kappa shape index (κ2) is 8.23. The summed E-state index contributed by atoms with van der Waals surface area (Å²) in [5.41, 5.74) is -0.709. The van der Waals surface area contributed by atoms with E-state index in [4.69, 9.17) is 16.3 Å². The highest BCUT2D eigenvalue weighted by atomic mass is 35.5. The number of anilines is 1. The normalized spacial score (nSPS) is 15.9. The molecule has 0 saturated heterocycles. The third-order valence-electron chi connectivity index (χ3n) is 6.38. The fourth-order valence-electron chi connectivity index (χ4n) is 4.36. The molecule has 3 aromatic rings. The zero-order chi connectivity index (χ0) is 24.2. The van der Waals surface area contributed by atoms with E-state index in [1.165, 1.54) is 18.2 Å². The summed E-state index contributed by atoms with van der Waals surface area (Å²) in [4.78, 5) is 25.9. The molecule has 1 amide bonds. The van der Waals surface area contributed by atoms with Crippen molar-refractivity contribution in [3.63, 3.8) is 0 Å². The summed E-state index contributed by atoms with van der Waals surface area (Å²) in [5, 5.41) is 6.79. The molecule has 5 rings (SSSR count). The first-order chi connectivity index (χ1) is 16.2. The van der Waals surface area contributed by atoms with Gasteiger partial charge < -0.3 is 10.1 Å². The molecule has 1 spiro atoms. The number of hydrogen-bond acceptors (Lipinski definition) is 4. The minimum absolute atomic E-state index is 0.000322. The average molecular weight is 489 g/mol. The molecule has 2 heterocycles. The number of amides is 1. The lowest BCUT2D eigenvalue weighted by Gasteiger charge is -2.20. The largest absolute Gasteiger partial charge is 0.490 e. The Hall–Kier alpha value is -3.20. The summed E-state index contributed by atoms with van der Waals surface area (Å²) in [5.74, 6) is -1.70. The molecule has 0 radical (unpaired) electrons. The number of benzene rings is 2. The Morgan fingerprint density at radius 1 is 1.21 bits per heavy atom. The van der Waals surface area contributed by atoms with Crippen LogP contribution in [0.25, 0.3) is 5.69 Å². The number of rotatable bonds is 5. The molecular weight excluding hydrogens is 466 g/mol. The van der Waals surface area contributed by atoms with E-state index in [1.807, 2.05) is 0 Å². The molecule has 2 aliphatic rings. The molecule has 178 valence electrons. The number of nitrogens with one attached hydrogen (secondary N) is 1. The van der Waals surface area contributed by atoms with Crippen LogP contribution in [0.4, 0.5) is 14.5 Å². The Bertz CT molecular complexity index is 1340. The summed E-state index contributed by atoms with van der Waals surface area (Å²) in [7, 11) is 0. The number of fused-ring (bicyclic) bond motifs is 1. The van der Waals surface area contributed by atoms with E-state index in [0.717, 1.165) is 36.1 Å². The van der Waals surface area contributed by atoms with Crippen LogP contribution in [0.1, 0.15) is 49.3 Å². The molecular formula is C24H23ClF2N4O3. The van der Waals surface area contributed by atoms with Crippen molar-refractivity contribution >= 4 is 23.2 Å². The van der Waals surface area contributed by atoms with Crippen LogP contribution in [0.3, 0.4) is 0 Å². The minimum atomic E-state index is -0.834. The van der Waals surface area contributed by atoms with Gasteiger partial charge in [0.1, 0.15) is 28.9 Å². The van der Waals surface area contributed by atoms with Gasteiger partial charge in [-0.25, -0.2) is 13.6 Å². The number of aromatic nitrogens is 3. The zero-order valence-electron chi connectivity index (χ0n) is 18.7. The first-order valence-electron chi connectivity index (χ1n) is 11.1. The second-order valence-electron chi connectivity index (χ2n) is 9.21. The molecule has 0 atom stereocenters. The topological polar surface area (TPSA) is 78.2 Å². The van der Waals surface area contributed by atoms with Gasteiger partial charge in [-0.3, -0.25) is 9.36 Å². The minimum Gasteiger partial charge on any atom is -0.490 e. The van der Waals surface area contributed by atoms with Crippen LogP contribution < -0.4 is 15.7 Å². The lowest BCUT2D eigenvalue weighted by Crippen LogP contribution is -2.29. The second-order valence-corrected chi connectivity index (χ2v) is 9.61. The quantitative estimate of drug-likeness (QED) is 0.563. The number of carbonyl (C=O) groups is 1. The van der Waals surface area contributed by atoms with Crippen molar-refractivity contribution in [3.8, 4) is 11.4 Å². The van der Waals surface area contributed by atoms with Crippen LogP contribution in [0, 0.1) is 17.0 Å². The van der Waals surface area contributed by atoms with E-state index in [-0.39, 0.29) is 39.2 Å². The Morgan fingerprint density at radius 2 is 1.97 bits per heavy atom. The number of ether oxygens (including phenoxy) is 1. The van der Waals surface area contributed by atoms with E-state index in [1.54, 1.807) is 18.4 Å². The molecule has 34 heavy (non-hydrogen) atoms. The zero-order valence-corrected chi connectivity index (χ0v) is 19.5. The SMILES string of the molecule is CC(C)Oc1cc(-n2nc3n(c2=O)CCC2(CC2)C3)c(F)cc1C(=O)Nc1c(F)cccc1Cl. The fraction of sp³-hybridized carbons (Fsp3) is 0.375. The van der Waals surface area contributed by atoms with E-state index in [9.17, 15) is 14.0 Å². The van der Waals surface area contributed by atoms with Gasteiger partial charge >= 0.3 is 5.69 Å². The molecule has 0 unspecified atom stereocenters. The summed E-state index contributed by atoms with van der Waals surface area (Å²) < 4.78 is 37.8. The number of halogens is 3. The Balaban J connectivity index is 1.55. The third kappa shape index (κ3) is 3.98. The number of para-hydroxylation sites is 1. The maximum atomic E-state index is 15.3. The molecule has 1 fully saturated rings. The third-order valence-corrected chi connectivity index (χ3v) is 6.70. The smallest absolute Gasteiger partial charge is 0.350 e. The molecule has 1 aliphatic heterocycles. The maximum absolute atomic E-state index is 15.3. The van der Waals surface area contributed by atoms with Crippen LogP contribution in [-0.4, -0.2) is 26.4 Å². The Labute approximate surface area is 199 Å². The number of hydrogen-bond donors (Lipinski definition) is 1. The van der Waals surface area contributed by atoms with Crippen LogP contribution >= 0.6 is 11.6 Å². The summed E-state index contributed by atoms with van der Waals surface area (Å²) in [6.45, 7) is 4.04. The molecule has 1 aliphatic carbocycles. The van der Waals surface area contributed by atoms with E-state index in [2.05, 4.69) is 10.4 Å². The summed E-state index contributed by atoms with van der Waals surface area (Å²) >= 11 is 6.00. The van der Waals surface area contributed by atoms with Crippen molar-refractivity contribution in [2.75, 3.05) is 5.32 Å². The lowest BCUT2D eigenvalue weighted by atomic mass is 9.95. The molecule has 1 N–H and O–H groups in total. The van der Waals surface area contributed by atoms with E-state index >= 15 is 4.39 Å². The first kappa shape index (κ1) is 22.6. The van der Waals surface area contributed by atoms with Crippen molar-refractivity contribution in [2.24, 2.45) is 5.41 Å². The van der Waals surface area contributed by atoms with Crippen LogP contribution in [0.15, 0.2) is 35.1 Å². The molecule has 7 nitrogen and oxygen atoms in total. The maximum Gasteiger partial charge on any atom is 0.350 e. The standard InChI is InChI=1S/C24H23ClF2N4O3/c1-13(2)34-19-11-18(31-23(33)30-9-8-24(6-7-24)12-20(30)29-31)17(27)10-14(19)22(32)28-21-15(25)4-3-5-16(21)26/h3-5,10-11,13H,6-9,12H2,1-2H3,(H,28,32). The van der Waals surface area contributed by atoms with Crippen molar-refractivity contribution in [3.05, 3.63) is 68.9 Å². The Morgan fingerprint density at radius 3 is 2.65 bits per heavy atom. The van der Waals surface area contributed by atoms with Crippen LogP contribution in [-0.2, 0) is 13.0 Å². The predicted molar refractivity (Wildman–Crippen MR) is 123 cm³/mol. The van der Waals surface area contributed by atoms with Crippen molar-refractivity contribution in [2.45, 2.75) is 52.2 Å². The summed E-state index contributed by atoms with van der Waals surface area (Å²) in [6, 6.07) is 6.22. The van der Waals surface area contributed by atoms with Gasteiger partial charge in [0.05, 0.1) is 22.4 Å². The number of carbonyl (C=O) groups excluding carboxylic acids is 1. The van der Waals surface area contributed by atoms with Gasteiger partial charge in [0, 0.05) is 19.0 Å². The Kier molecular flexibility index (Phi) is 5.47. The van der Waals surface area contributed by atoms with E-state index < -0.39 is 23.2 Å². The molecule has 1 aromatic heterocycles. The molecule has 1 saturated carbocycles. The molecule has 0 bridgehead atoms. The van der Waals surface area contributed by atoms with Gasteiger partial charge in [-0.15, -0.1) is 5.10 Å². The highest BCUT2D eigenvalue weighted by Gasteiger charge is 2.46. The number of nitrogens with zero attached hydrogens (tertiary/aromatic N) is 3. The lowest BCUT2D eigenvalue weighted by molar-refractivity contribution is 0.102. The monoisotopic (exact) mass is 488 g/mol. The van der Waals surface area contributed by atoms with Gasteiger partial charge in [-0.1, -0.05) is 17.7 Å². The highest BCUT2D eigenvalue weighted by Crippen LogP contribution is 2.53. The van der Waals surface area contributed by atoms with Gasteiger partial charge in [0.25, 0.3) is 5.91 Å². The fourth-order valence-corrected chi connectivity index (χ4v) is 4.57. The van der Waals surface area contributed by atoms with Gasteiger partial charge in [0.2, 0.25) is 0 Å².